The first kappa shape index (κ1) is 12.3. The van der Waals surface area contributed by atoms with Gasteiger partial charge in [-0.1, -0.05) is 0 Å². The Hall–Kier alpha value is -0.130. The van der Waals surface area contributed by atoms with E-state index in [2.05, 4.69) is 0 Å². The van der Waals surface area contributed by atoms with Gasteiger partial charge in [-0.15, -0.1) is 0 Å². The van der Waals surface area contributed by atoms with Gasteiger partial charge < -0.3 is 10.5 Å². The summed E-state index contributed by atoms with van der Waals surface area (Å²) in [5.74, 6) is 0.414. The predicted octanol–water partition coefficient (Wildman–Crippen LogP) is 0.708. The molecule has 2 aliphatic rings. The summed E-state index contributed by atoms with van der Waals surface area (Å²) in [6.45, 7) is 0.738. The molecule has 1 heterocycles. The SMILES string of the molecule is CS(=O)(=O)CC(N)C1CCOC2(CCC2)C1. The third-order valence-electron chi connectivity index (χ3n) is 3.90. The molecule has 2 N–H and O–H groups in total. The minimum Gasteiger partial charge on any atom is -0.375 e. The summed E-state index contributed by atoms with van der Waals surface area (Å²) in [5, 5.41) is 0. The summed E-state index contributed by atoms with van der Waals surface area (Å²) < 4.78 is 28.2. The molecule has 94 valence electrons. The van der Waals surface area contributed by atoms with Gasteiger partial charge in [-0.2, -0.15) is 0 Å². The first-order chi connectivity index (χ1) is 7.40. The molecular weight excluding hydrogens is 226 g/mol. The molecule has 1 aliphatic carbocycles. The monoisotopic (exact) mass is 247 g/mol. The van der Waals surface area contributed by atoms with E-state index in [-0.39, 0.29) is 17.4 Å². The van der Waals surface area contributed by atoms with E-state index >= 15 is 0 Å². The van der Waals surface area contributed by atoms with Crippen molar-refractivity contribution in [2.24, 2.45) is 11.7 Å². The lowest BCUT2D eigenvalue weighted by Crippen LogP contribution is -2.50. The molecule has 2 atom stereocenters. The maximum absolute atomic E-state index is 11.2. The Bertz CT molecular complexity index is 348. The molecule has 2 fully saturated rings. The van der Waals surface area contributed by atoms with E-state index in [1.54, 1.807) is 0 Å². The van der Waals surface area contributed by atoms with E-state index in [1.165, 1.54) is 12.7 Å². The van der Waals surface area contributed by atoms with Gasteiger partial charge in [-0.25, -0.2) is 8.42 Å². The van der Waals surface area contributed by atoms with Crippen molar-refractivity contribution in [1.29, 1.82) is 0 Å². The molecule has 0 radical (unpaired) electrons. The highest BCUT2D eigenvalue weighted by molar-refractivity contribution is 7.90. The number of hydrogen-bond donors (Lipinski definition) is 1. The predicted molar refractivity (Wildman–Crippen MR) is 62.9 cm³/mol. The van der Waals surface area contributed by atoms with Gasteiger partial charge in [0.2, 0.25) is 0 Å². The lowest BCUT2D eigenvalue weighted by atomic mass is 9.71. The van der Waals surface area contributed by atoms with Gasteiger partial charge in [0.15, 0.2) is 0 Å². The summed E-state index contributed by atoms with van der Waals surface area (Å²) in [4.78, 5) is 0. The second-order valence-electron chi connectivity index (χ2n) is 5.39. The van der Waals surface area contributed by atoms with E-state index in [9.17, 15) is 8.42 Å². The first-order valence-corrected chi connectivity index (χ1v) is 8.04. The van der Waals surface area contributed by atoms with E-state index in [1.807, 2.05) is 0 Å². The van der Waals surface area contributed by atoms with Gasteiger partial charge in [-0.3, -0.25) is 0 Å². The highest BCUT2D eigenvalue weighted by Gasteiger charge is 2.44. The second kappa shape index (κ2) is 4.27. The van der Waals surface area contributed by atoms with Crippen molar-refractivity contribution in [2.45, 2.75) is 43.7 Å². The Morgan fingerprint density at radius 2 is 2.19 bits per heavy atom. The van der Waals surface area contributed by atoms with Gasteiger partial charge in [0.05, 0.1) is 11.4 Å². The Kier molecular flexibility index (Phi) is 3.29. The molecule has 1 saturated heterocycles. The van der Waals surface area contributed by atoms with Crippen LogP contribution in [0.2, 0.25) is 0 Å². The molecule has 0 aromatic rings. The average Bonchev–Trinajstić information content (AvgIpc) is 2.13. The molecule has 16 heavy (non-hydrogen) atoms. The summed E-state index contributed by atoms with van der Waals surface area (Å²) in [5.41, 5.74) is 6.05. The Morgan fingerprint density at radius 1 is 1.50 bits per heavy atom. The molecule has 0 bridgehead atoms. The maximum atomic E-state index is 11.2. The number of rotatable bonds is 3. The molecule has 1 aliphatic heterocycles. The van der Waals surface area contributed by atoms with Crippen LogP contribution in [0.25, 0.3) is 0 Å². The van der Waals surface area contributed by atoms with Gasteiger partial charge >= 0.3 is 0 Å². The van der Waals surface area contributed by atoms with Crippen LogP contribution in [0.1, 0.15) is 32.1 Å². The smallest absolute Gasteiger partial charge is 0.148 e. The van der Waals surface area contributed by atoms with E-state index < -0.39 is 9.84 Å². The van der Waals surface area contributed by atoms with Crippen molar-refractivity contribution in [3.63, 3.8) is 0 Å². The van der Waals surface area contributed by atoms with Crippen molar-refractivity contribution in [3.8, 4) is 0 Å². The van der Waals surface area contributed by atoms with E-state index in [0.29, 0.717) is 5.92 Å². The molecule has 2 unspecified atom stereocenters. The van der Waals surface area contributed by atoms with Crippen LogP contribution in [0.5, 0.6) is 0 Å². The quantitative estimate of drug-likeness (QED) is 0.797. The van der Waals surface area contributed by atoms with E-state index in [4.69, 9.17) is 10.5 Å². The lowest BCUT2D eigenvalue weighted by molar-refractivity contribution is -0.145. The summed E-state index contributed by atoms with van der Waals surface area (Å²) in [6.07, 6.45) is 6.58. The van der Waals surface area contributed by atoms with Gasteiger partial charge in [0.1, 0.15) is 9.84 Å². The molecule has 1 spiro atoms. The second-order valence-corrected chi connectivity index (χ2v) is 7.58. The minimum absolute atomic E-state index is 0.0536. The van der Waals surface area contributed by atoms with Crippen LogP contribution in [-0.2, 0) is 14.6 Å². The molecule has 4 nitrogen and oxygen atoms in total. The fraction of sp³-hybridized carbons (Fsp3) is 1.00. The van der Waals surface area contributed by atoms with Crippen molar-refractivity contribution in [1.82, 2.24) is 0 Å². The zero-order valence-electron chi connectivity index (χ0n) is 9.81. The molecular formula is C11H21NO3S. The Balaban J connectivity index is 1.93. The van der Waals surface area contributed by atoms with Crippen molar-refractivity contribution in [3.05, 3.63) is 0 Å². The van der Waals surface area contributed by atoms with Crippen LogP contribution in [0.15, 0.2) is 0 Å². The lowest BCUT2D eigenvalue weighted by Gasteiger charge is -2.48. The largest absolute Gasteiger partial charge is 0.375 e. The van der Waals surface area contributed by atoms with Crippen LogP contribution >= 0.6 is 0 Å². The van der Waals surface area contributed by atoms with Crippen LogP contribution in [0, 0.1) is 5.92 Å². The van der Waals surface area contributed by atoms with Crippen LogP contribution in [0.3, 0.4) is 0 Å². The fourth-order valence-corrected chi connectivity index (χ4v) is 3.81. The molecule has 1 saturated carbocycles. The molecule has 0 aromatic carbocycles. The first-order valence-electron chi connectivity index (χ1n) is 5.98. The number of sulfone groups is 1. The van der Waals surface area contributed by atoms with Gasteiger partial charge in [0, 0.05) is 18.9 Å². The van der Waals surface area contributed by atoms with Gasteiger partial charge in [-0.05, 0) is 38.0 Å². The van der Waals surface area contributed by atoms with Crippen molar-refractivity contribution < 1.29 is 13.2 Å². The van der Waals surface area contributed by atoms with Crippen LogP contribution < -0.4 is 5.73 Å². The topological polar surface area (TPSA) is 69.4 Å². The number of ether oxygens (including phenoxy) is 1. The molecule has 0 aromatic heterocycles. The molecule has 2 rings (SSSR count). The highest BCUT2D eigenvalue weighted by atomic mass is 32.2. The Morgan fingerprint density at radius 3 is 2.69 bits per heavy atom. The fourth-order valence-electron chi connectivity index (χ4n) is 2.84. The number of nitrogens with two attached hydrogens (primary N) is 1. The van der Waals surface area contributed by atoms with Crippen LogP contribution in [0.4, 0.5) is 0 Å². The average molecular weight is 247 g/mol. The Labute approximate surface area is 97.5 Å². The van der Waals surface area contributed by atoms with Crippen molar-refractivity contribution in [2.75, 3.05) is 18.6 Å². The maximum Gasteiger partial charge on any atom is 0.148 e. The zero-order valence-corrected chi connectivity index (χ0v) is 10.6. The van der Waals surface area contributed by atoms with Crippen molar-refractivity contribution >= 4 is 9.84 Å². The number of hydrogen-bond acceptors (Lipinski definition) is 4. The third-order valence-corrected chi connectivity index (χ3v) is 4.89. The van der Waals surface area contributed by atoms with Gasteiger partial charge in [0.25, 0.3) is 0 Å². The highest BCUT2D eigenvalue weighted by Crippen LogP contribution is 2.44. The summed E-state index contributed by atoms with van der Waals surface area (Å²) in [6, 6.07) is -0.226. The van der Waals surface area contributed by atoms with E-state index in [0.717, 1.165) is 32.3 Å². The molecule has 0 amide bonds. The summed E-state index contributed by atoms with van der Waals surface area (Å²) >= 11 is 0. The molecule has 5 heteroatoms. The third kappa shape index (κ3) is 2.76. The standard InChI is InChI=1S/C11H21NO3S/c1-16(13,14)8-10(12)9-3-6-15-11(7-9)4-2-5-11/h9-10H,2-8,12H2,1H3. The normalized spacial score (nSPS) is 31.0. The summed E-state index contributed by atoms with van der Waals surface area (Å²) in [7, 11) is -2.96. The van der Waals surface area contributed by atoms with Crippen LogP contribution in [-0.4, -0.2) is 38.7 Å². The zero-order chi connectivity index (χ0) is 11.8. The minimum atomic E-state index is -2.96.